The summed E-state index contributed by atoms with van der Waals surface area (Å²) in [5.41, 5.74) is 7.96. The van der Waals surface area contributed by atoms with Gasteiger partial charge in [-0.3, -0.25) is 4.90 Å². The molecule has 2 unspecified atom stereocenters. The molecule has 1 saturated heterocycles. The number of rotatable bonds is 3. The van der Waals surface area contributed by atoms with Crippen LogP contribution in [-0.2, 0) is 0 Å². The Balaban J connectivity index is 2.30. The zero-order valence-corrected chi connectivity index (χ0v) is 13.9. The van der Waals surface area contributed by atoms with E-state index in [9.17, 15) is 0 Å². The highest BCUT2D eigenvalue weighted by Crippen LogP contribution is 2.35. The average molecular weight is 290 g/mol. The largest absolute Gasteiger partial charge is 0.494 e. The van der Waals surface area contributed by atoms with Gasteiger partial charge >= 0.3 is 0 Å². The molecule has 0 aliphatic carbocycles. The molecule has 0 saturated carbocycles. The fraction of sp³-hybridized carbons (Fsp3) is 0.667. The number of ether oxygens (including phenoxy) is 1. The van der Waals surface area contributed by atoms with Crippen molar-refractivity contribution >= 4 is 0 Å². The highest BCUT2D eigenvalue weighted by molar-refractivity contribution is 5.30. The highest BCUT2D eigenvalue weighted by atomic mass is 16.5. The zero-order chi connectivity index (χ0) is 15.5. The van der Waals surface area contributed by atoms with Crippen LogP contribution in [0, 0.1) is 0 Å². The van der Waals surface area contributed by atoms with Crippen molar-refractivity contribution in [1.29, 1.82) is 0 Å². The highest BCUT2D eigenvalue weighted by Gasteiger charge is 2.35. The van der Waals surface area contributed by atoms with Gasteiger partial charge in [-0.05, 0) is 64.8 Å². The van der Waals surface area contributed by atoms with Gasteiger partial charge in [-0.2, -0.15) is 0 Å². The molecule has 21 heavy (non-hydrogen) atoms. The summed E-state index contributed by atoms with van der Waals surface area (Å²) in [5, 5.41) is 0. The number of nitrogens with zero attached hydrogens (tertiary/aromatic N) is 1. The third-order valence-corrected chi connectivity index (χ3v) is 4.32. The van der Waals surface area contributed by atoms with E-state index in [1.807, 2.05) is 6.92 Å². The van der Waals surface area contributed by atoms with E-state index in [1.54, 1.807) is 0 Å². The molecule has 2 N–H and O–H groups in total. The molecular weight excluding hydrogens is 260 g/mol. The molecule has 1 fully saturated rings. The summed E-state index contributed by atoms with van der Waals surface area (Å²) in [6.45, 7) is 10.7. The van der Waals surface area contributed by atoms with Crippen LogP contribution in [0.3, 0.4) is 0 Å². The van der Waals surface area contributed by atoms with Crippen LogP contribution in [-0.4, -0.2) is 29.6 Å². The predicted octanol–water partition coefficient (Wildman–Crippen LogP) is 3.74. The van der Waals surface area contributed by atoms with Gasteiger partial charge in [-0.15, -0.1) is 0 Å². The summed E-state index contributed by atoms with van der Waals surface area (Å²) in [5.74, 6) is 0.936. The Morgan fingerprint density at radius 1 is 1.19 bits per heavy atom. The lowest BCUT2D eigenvalue weighted by Gasteiger charge is -2.43. The fourth-order valence-corrected chi connectivity index (χ4v) is 3.30. The van der Waals surface area contributed by atoms with E-state index in [-0.39, 0.29) is 11.6 Å². The van der Waals surface area contributed by atoms with Crippen LogP contribution in [0.15, 0.2) is 24.3 Å². The van der Waals surface area contributed by atoms with Gasteiger partial charge in [0.15, 0.2) is 0 Å². The predicted molar refractivity (Wildman–Crippen MR) is 88.6 cm³/mol. The molecule has 1 aromatic carbocycles. The minimum atomic E-state index is 0.130. The Kier molecular flexibility index (Phi) is 5.28. The molecule has 3 nitrogen and oxygen atoms in total. The second kappa shape index (κ2) is 6.80. The van der Waals surface area contributed by atoms with Crippen LogP contribution in [0.5, 0.6) is 5.75 Å². The van der Waals surface area contributed by atoms with Crippen molar-refractivity contribution in [3.8, 4) is 5.75 Å². The Morgan fingerprint density at radius 3 is 2.43 bits per heavy atom. The average Bonchev–Trinajstić information content (AvgIpc) is 2.61. The summed E-state index contributed by atoms with van der Waals surface area (Å²) < 4.78 is 5.55. The van der Waals surface area contributed by atoms with Crippen LogP contribution >= 0.6 is 0 Å². The molecule has 1 aromatic rings. The first kappa shape index (κ1) is 16.3. The number of hydrogen-bond donors (Lipinski definition) is 1. The van der Waals surface area contributed by atoms with Gasteiger partial charge in [0.05, 0.1) is 12.6 Å². The molecule has 118 valence electrons. The van der Waals surface area contributed by atoms with Crippen molar-refractivity contribution in [2.75, 3.05) is 13.2 Å². The third-order valence-electron chi connectivity index (χ3n) is 4.32. The van der Waals surface area contributed by atoms with E-state index >= 15 is 0 Å². The van der Waals surface area contributed by atoms with Crippen molar-refractivity contribution in [2.45, 2.75) is 64.6 Å². The quantitative estimate of drug-likeness (QED) is 0.921. The van der Waals surface area contributed by atoms with Crippen molar-refractivity contribution in [2.24, 2.45) is 5.73 Å². The lowest BCUT2D eigenvalue weighted by molar-refractivity contribution is 0.0755. The summed E-state index contributed by atoms with van der Waals surface area (Å²) in [7, 11) is 0. The van der Waals surface area contributed by atoms with E-state index in [1.165, 1.54) is 18.4 Å². The Hall–Kier alpha value is -1.06. The van der Waals surface area contributed by atoms with E-state index in [2.05, 4.69) is 49.9 Å². The van der Waals surface area contributed by atoms with Crippen LogP contribution in [0.25, 0.3) is 0 Å². The van der Waals surface area contributed by atoms with E-state index in [0.717, 1.165) is 18.7 Å². The molecule has 2 rings (SSSR count). The first-order chi connectivity index (χ1) is 9.93. The van der Waals surface area contributed by atoms with Crippen molar-refractivity contribution in [1.82, 2.24) is 4.90 Å². The first-order valence-electron chi connectivity index (χ1n) is 8.18. The topological polar surface area (TPSA) is 38.5 Å². The Bertz CT molecular complexity index is 436. The molecule has 1 aliphatic heterocycles. The van der Waals surface area contributed by atoms with Gasteiger partial charge in [-0.1, -0.05) is 18.6 Å². The molecular formula is C18H30N2O. The maximum absolute atomic E-state index is 6.52. The summed E-state index contributed by atoms with van der Waals surface area (Å²) in [6, 6.07) is 8.99. The van der Waals surface area contributed by atoms with Crippen LogP contribution in [0.4, 0.5) is 0 Å². The maximum atomic E-state index is 6.52. The molecule has 0 bridgehead atoms. The molecule has 0 aromatic heterocycles. The van der Waals surface area contributed by atoms with Gasteiger partial charge in [0.25, 0.3) is 0 Å². The number of hydrogen-bond acceptors (Lipinski definition) is 3. The molecule has 0 radical (unpaired) electrons. The normalized spacial score (nSPS) is 24.6. The standard InChI is InChI=1S/C18H30N2O/c1-5-21-15-11-9-14(10-12-15)17-16(19)8-6-7-13-20(17)18(2,3)4/h9-12,16-17H,5-8,13,19H2,1-4H3. The molecule has 3 heteroatoms. The Morgan fingerprint density at radius 2 is 1.86 bits per heavy atom. The van der Waals surface area contributed by atoms with E-state index < -0.39 is 0 Å². The summed E-state index contributed by atoms with van der Waals surface area (Å²) in [4.78, 5) is 2.57. The second-order valence-corrected chi connectivity index (χ2v) is 6.97. The van der Waals surface area contributed by atoms with Gasteiger partial charge in [-0.25, -0.2) is 0 Å². The van der Waals surface area contributed by atoms with E-state index in [4.69, 9.17) is 10.5 Å². The maximum Gasteiger partial charge on any atom is 0.119 e. The van der Waals surface area contributed by atoms with Gasteiger partial charge in [0.2, 0.25) is 0 Å². The van der Waals surface area contributed by atoms with E-state index in [0.29, 0.717) is 12.6 Å². The van der Waals surface area contributed by atoms with Crippen LogP contribution in [0.1, 0.15) is 58.6 Å². The summed E-state index contributed by atoms with van der Waals surface area (Å²) in [6.07, 6.45) is 3.56. The fourth-order valence-electron chi connectivity index (χ4n) is 3.30. The third kappa shape index (κ3) is 3.98. The molecule has 0 amide bonds. The van der Waals surface area contributed by atoms with Gasteiger partial charge in [0, 0.05) is 11.6 Å². The molecule has 1 heterocycles. The smallest absolute Gasteiger partial charge is 0.119 e. The first-order valence-corrected chi connectivity index (χ1v) is 8.18. The lowest BCUT2D eigenvalue weighted by atomic mass is 9.92. The van der Waals surface area contributed by atoms with Crippen LogP contribution in [0.2, 0.25) is 0 Å². The minimum Gasteiger partial charge on any atom is -0.494 e. The number of likely N-dealkylation sites (tertiary alicyclic amines) is 1. The SMILES string of the molecule is CCOc1ccc(C2C(N)CCCCN2C(C)(C)C)cc1. The molecule has 1 aliphatic rings. The van der Waals surface area contributed by atoms with Gasteiger partial charge in [0.1, 0.15) is 5.75 Å². The van der Waals surface area contributed by atoms with Crippen molar-refractivity contribution in [3.63, 3.8) is 0 Å². The molecule has 0 spiro atoms. The zero-order valence-electron chi connectivity index (χ0n) is 13.9. The van der Waals surface area contributed by atoms with Crippen molar-refractivity contribution < 1.29 is 4.74 Å². The van der Waals surface area contributed by atoms with Gasteiger partial charge < -0.3 is 10.5 Å². The van der Waals surface area contributed by atoms with Crippen molar-refractivity contribution in [3.05, 3.63) is 29.8 Å². The number of benzene rings is 1. The second-order valence-electron chi connectivity index (χ2n) is 6.97. The minimum absolute atomic E-state index is 0.130. The lowest BCUT2D eigenvalue weighted by Crippen LogP contribution is -2.49. The molecule has 2 atom stereocenters. The summed E-state index contributed by atoms with van der Waals surface area (Å²) >= 11 is 0. The number of nitrogens with two attached hydrogens (primary N) is 1. The van der Waals surface area contributed by atoms with Crippen LogP contribution < -0.4 is 10.5 Å². The Labute approximate surface area is 129 Å². The monoisotopic (exact) mass is 290 g/mol.